The zero-order valence-corrected chi connectivity index (χ0v) is 14.7. The molecule has 0 aliphatic rings. The lowest BCUT2D eigenvalue weighted by molar-refractivity contribution is 0.0138. The largest absolute Gasteiger partial charge is 0.392 e. The Morgan fingerprint density at radius 1 is 1.23 bits per heavy atom. The van der Waals surface area contributed by atoms with Gasteiger partial charge in [-0.25, -0.2) is 0 Å². The van der Waals surface area contributed by atoms with Crippen molar-refractivity contribution in [3.8, 4) is 0 Å². The first-order valence-electron chi connectivity index (χ1n) is 7.83. The average molecular weight is 306 g/mol. The lowest BCUT2D eigenvalue weighted by Gasteiger charge is -2.33. The number of amides is 1. The van der Waals surface area contributed by atoms with Crippen molar-refractivity contribution in [2.45, 2.75) is 40.3 Å². The van der Waals surface area contributed by atoms with E-state index in [4.69, 9.17) is 0 Å². The Balaban J connectivity index is 2.62. The normalized spacial score (nSPS) is 13.5. The van der Waals surface area contributed by atoms with E-state index in [9.17, 15) is 9.90 Å². The lowest BCUT2D eigenvalue weighted by Crippen LogP contribution is -2.43. The Morgan fingerprint density at radius 2 is 1.77 bits per heavy atom. The molecule has 0 bridgehead atoms. The number of carbonyl (C=O) groups is 1. The van der Waals surface area contributed by atoms with Gasteiger partial charge >= 0.3 is 0 Å². The molecule has 124 valence electrons. The number of carbonyl (C=O) groups excluding carboxylic acids is 1. The molecule has 0 saturated heterocycles. The monoisotopic (exact) mass is 306 g/mol. The van der Waals surface area contributed by atoms with Crippen molar-refractivity contribution in [3.05, 3.63) is 35.4 Å². The fourth-order valence-electron chi connectivity index (χ4n) is 2.54. The van der Waals surface area contributed by atoms with Crippen LogP contribution in [0.4, 0.5) is 0 Å². The molecule has 1 amide bonds. The van der Waals surface area contributed by atoms with Gasteiger partial charge in [-0.05, 0) is 37.7 Å². The van der Waals surface area contributed by atoms with Gasteiger partial charge in [0.1, 0.15) is 0 Å². The first-order valence-corrected chi connectivity index (χ1v) is 7.83. The molecule has 0 fully saturated rings. The molecule has 4 nitrogen and oxygen atoms in total. The fourth-order valence-corrected chi connectivity index (χ4v) is 2.54. The standard InChI is InChI=1S/C18H30N2O2/c1-13(2)16(21)18(3,4)12-19-17(22)15-9-7-14(8-10-15)11-20(5)6/h7-10,13,16,21H,11-12H2,1-6H3,(H,19,22). The summed E-state index contributed by atoms with van der Waals surface area (Å²) in [5.41, 5.74) is 1.48. The van der Waals surface area contributed by atoms with Crippen LogP contribution >= 0.6 is 0 Å². The van der Waals surface area contributed by atoms with Crippen LogP contribution in [0.1, 0.15) is 43.6 Å². The topological polar surface area (TPSA) is 52.6 Å². The van der Waals surface area contributed by atoms with Gasteiger partial charge in [0.15, 0.2) is 0 Å². The van der Waals surface area contributed by atoms with Gasteiger partial charge in [0.25, 0.3) is 5.91 Å². The molecule has 1 unspecified atom stereocenters. The highest BCUT2D eigenvalue weighted by Crippen LogP contribution is 2.25. The molecule has 4 heteroatoms. The number of aliphatic hydroxyl groups is 1. The van der Waals surface area contributed by atoms with E-state index in [0.29, 0.717) is 12.1 Å². The third-order valence-electron chi connectivity index (χ3n) is 3.85. The Bertz CT molecular complexity index is 478. The number of aliphatic hydroxyl groups excluding tert-OH is 1. The highest BCUT2D eigenvalue weighted by Gasteiger charge is 2.30. The van der Waals surface area contributed by atoms with Crippen molar-refractivity contribution in [2.75, 3.05) is 20.6 Å². The molecule has 1 atom stereocenters. The second kappa shape index (κ2) is 7.75. The molecule has 0 saturated carbocycles. The van der Waals surface area contributed by atoms with Gasteiger partial charge in [-0.15, -0.1) is 0 Å². The van der Waals surface area contributed by atoms with Crippen LogP contribution in [-0.4, -0.2) is 42.7 Å². The fraction of sp³-hybridized carbons (Fsp3) is 0.611. The minimum absolute atomic E-state index is 0.0968. The SMILES string of the molecule is CC(C)C(O)C(C)(C)CNC(=O)c1ccc(CN(C)C)cc1. The van der Waals surface area contributed by atoms with E-state index in [1.807, 2.05) is 66.1 Å². The van der Waals surface area contributed by atoms with Crippen LogP contribution in [0.3, 0.4) is 0 Å². The van der Waals surface area contributed by atoms with E-state index in [1.54, 1.807) is 0 Å². The summed E-state index contributed by atoms with van der Waals surface area (Å²) in [4.78, 5) is 14.3. The number of hydrogen-bond acceptors (Lipinski definition) is 3. The molecule has 0 heterocycles. The number of rotatable bonds is 7. The summed E-state index contributed by atoms with van der Waals surface area (Å²) in [5, 5.41) is 13.1. The highest BCUT2D eigenvalue weighted by atomic mass is 16.3. The molecule has 0 aliphatic carbocycles. The molecule has 0 radical (unpaired) electrons. The van der Waals surface area contributed by atoms with E-state index in [2.05, 4.69) is 10.2 Å². The van der Waals surface area contributed by atoms with Gasteiger partial charge in [-0.3, -0.25) is 4.79 Å². The van der Waals surface area contributed by atoms with E-state index >= 15 is 0 Å². The minimum atomic E-state index is -0.449. The van der Waals surface area contributed by atoms with Gasteiger partial charge in [-0.1, -0.05) is 39.8 Å². The van der Waals surface area contributed by atoms with Crippen LogP contribution in [0.2, 0.25) is 0 Å². The third kappa shape index (κ3) is 5.43. The number of hydrogen-bond donors (Lipinski definition) is 2. The van der Waals surface area contributed by atoms with Crippen molar-refractivity contribution in [1.29, 1.82) is 0 Å². The van der Waals surface area contributed by atoms with Crippen molar-refractivity contribution in [2.24, 2.45) is 11.3 Å². The highest BCUT2D eigenvalue weighted by molar-refractivity contribution is 5.94. The van der Waals surface area contributed by atoms with E-state index < -0.39 is 6.10 Å². The summed E-state index contributed by atoms with van der Waals surface area (Å²) in [5.74, 6) is 0.0673. The lowest BCUT2D eigenvalue weighted by atomic mass is 9.80. The Labute approximate surface area is 134 Å². The summed E-state index contributed by atoms with van der Waals surface area (Å²) in [6.07, 6.45) is -0.449. The van der Waals surface area contributed by atoms with Crippen molar-refractivity contribution >= 4 is 5.91 Å². The zero-order chi connectivity index (χ0) is 16.9. The summed E-state index contributed by atoms with van der Waals surface area (Å²) >= 11 is 0. The number of nitrogens with zero attached hydrogens (tertiary/aromatic N) is 1. The maximum atomic E-state index is 12.2. The van der Waals surface area contributed by atoms with E-state index in [0.717, 1.165) is 6.54 Å². The van der Waals surface area contributed by atoms with Gasteiger partial charge in [0.2, 0.25) is 0 Å². The minimum Gasteiger partial charge on any atom is -0.392 e. The van der Waals surface area contributed by atoms with Gasteiger partial charge in [0, 0.05) is 24.1 Å². The maximum Gasteiger partial charge on any atom is 0.251 e. The predicted octanol–water partition coefficient (Wildman–Crippen LogP) is 2.52. The summed E-state index contributed by atoms with van der Waals surface area (Å²) in [6, 6.07) is 7.64. The molecule has 1 rings (SSSR count). The summed E-state index contributed by atoms with van der Waals surface area (Å²) in [6.45, 7) is 9.21. The molecule has 1 aromatic carbocycles. The Hall–Kier alpha value is -1.39. The van der Waals surface area contributed by atoms with Gasteiger partial charge in [-0.2, -0.15) is 0 Å². The second-order valence-corrected chi connectivity index (χ2v) is 7.29. The van der Waals surface area contributed by atoms with Crippen LogP contribution in [0.5, 0.6) is 0 Å². The Kier molecular flexibility index (Phi) is 6.57. The molecule has 2 N–H and O–H groups in total. The third-order valence-corrected chi connectivity index (χ3v) is 3.85. The zero-order valence-electron chi connectivity index (χ0n) is 14.7. The molecule has 0 aliphatic heterocycles. The van der Waals surface area contributed by atoms with Crippen LogP contribution in [0.25, 0.3) is 0 Å². The number of nitrogens with one attached hydrogen (secondary N) is 1. The molecule has 22 heavy (non-hydrogen) atoms. The first-order chi connectivity index (χ1) is 10.1. The second-order valence-electron chi connectivity index (χ2n) is 7.29. The van der Waals surface area contributed by atoms with Crippen LogP contribution in [0, 0.1) is 11.3 Å². The maximum absolute atomic E-state index is 12.2. The summed E-state index contributed by atoms with van der Waals surface area (Å²) < 4.78 is 0. The molecular weight excluding hydrogens is 276 g/mol. The molecule has 1 aromatic rings. The average Bonchev–Trinajstić information content (AvgIpc) is 2.44. The molecule has 0 spiro atoms. The number of benzene rings is 1. The van der Waals surface area contributed by atoms with Gasteiger partial charge in [0.05, 0.1) is 6.10 Å². The van der Waals surface area contributed by atoms with Crippen molar-refractivity contribution in [3.63, 3.8) is 0 Å². The van der Waals surface area contributed by atoms with Crippen molar-refractivity contribution < 1.29 is 9.90 Å². The van der Waals surface area contributed by atoms with E-state index in [-0.39, 0.29) is 17.2 Å². The van der Waals surface area contributed by atoms with Crippen LogP contribution in [-0.2, 0) is 6.54 Å². The van der Waals surface area contributed by atoms with Crippen molar-refractivity contribution in [1.82, 2.24) is 10.2 Å². The first kappa shape index (κ1) is 18.7. The molecule has 0 aromatic heterocycles. The Morgan fingerprint density at radius 3 is 2.23 bits per heavy atom. The quantitative estimate of drug-likeness (QED) is 0.814. The summed E-state index contributed by atoms with van der Waals surface area (Å²) in [7, 11) is 4.03. The smallest absolute Gasteiger partial charge is 0.251 e. The van der Waals surface area contributed by atoms with Gasteiger partial charge < -0.3 is 15.3 Å². The van der Waals surface area contributed by atoms with Crippen LogP contribution in [0.15, 0.2) is 24.3 Å². The predicted molar refractivity (Wildman–Crippen MR) is 90.8 cm³/mol. The van der Waals surface area contributed by atoms with E-state index in [1.165, 1.54) is 5.56 Å². The molecular formula is C18H30N2O2. The van der Waals surface area contributed by atoms with Crippen LogP contribution < -0.4 is 5.32 Å².